The maximum Gasteiger partial charge on any atom is 0.264 e. The van der Waals surface area contributed by atoms with Gasteiger partial charge in [-0.1, -0.05) is 59.1 Å². The zero-order valence-electron chi connectivity index (χ0n) is 22.4. The fourth-order valence-electron chi connectivity index (χ4n) is 3.88. The second-order valence-corrected chi connectivity index (χ2v) is 12.4. The molecule has 0 heterocycles. The molecule has 0 bridgehead atoms. The lowest BCUT2D eigenvalue weighted by Gasteiger charge is -2.32. The van der Waals surface area contributed by atoms with Crippen molar-refractivity contribution in [2.24, 2.45) is 0 Å². The number of anilines is 1. The predicted octanol–water partition coefficient (Wildman–Crippen LogP) is 5.79. The molecule has 0 aliphatic rings. The molecule has 1 unspecified atom stereocenters. The zero-order chi connectivity index (χ0) is 29.6. The first-order valence-electron chi connectivity index (χ1n) is 12.3. The summed E-state index contributed by atoms with van der Waals surface area (Å²) in [6, 6.07) is 15.8. The second-order valence-electron chi connectivity index (χ2n) is 9.24. The van der Waals surface area contributed by atoms with Gasteiger partial charge in [-0.15, -0.1) is 0 Å². The van der Waals surface area contributed by atoms with Crippen molar-refractivity contribution in [3.8, 4) is 5.75 Å². The van der Waals surface area contributed by atoms with Gasteiger partial charge in [0.05, 0.1) is 22.7 Å². The van der Waals surface area contributed by atoms with Gasteiger partial charge in [0.25, 0.3) is 10.0 Å². The number of carbonyl (C=O) groups excluding carboxylic acids is 2. The summed E-state index contributed by atoms with van der Waals surface area (Å²) < 4.78 is 33.8. The lowest BCUT2D eigenvalue weighted by atomic mass is 10.1. The quantitative estimate of drug-likeness (QED) is 0.291. The van der Waals surface area contributed by atoms with E-state index in [1.54, 1.807) is 51.1 Å². The van der Waals surface area contributed by atoms with Gasteiger partial charge in [0.15, 0.2) is 0 Å². The molecule has 3 rings (SSSR count). The topological polar surface area (TPSA) is 96.0 Å². The molecule has 0 aliphatic carbocycles. The molecule has 0 saturated carbocycles. The lowest BCUT2D eigenvalue weighted by Crippen LogP contribution is -2.52. The number of carbonyl (C=O) groups is 2. The molecule has 0 radical (unpaired) electrons. The maximum absolute atomic E-state index is 13.9. The number of halogens is 3. The van der Waals surface area contributed by atoms with Crippen LogP contribution in [0.3, 0.4) is 0 Å². The van der Waals surface area contributed by atoms with Crippen LogP contribution in [0.1, 0.15) is 26.3 Å². The van der Waals surface area contributed by atoms with Crippen molar-refractivity contribution in [2.45, 2.75) is 44.3 Å². The number of benzene rings is 3. The van der Waals surface area contributed by atoms with E-state index in [4.69, 9.17) is 39.5 Å². The molecule has 1 atom stereocenters. The summed E-state index contributed by atoms with van der Waals surface area (Å²) in [6.45, 7) is 4.48. The van der Waals surface area contributed by atoms with Crippen LogP contribution in [0.15, 0.2) is 71.6 Å². The minimum Gasteiger partial charge on any atom is -0.495 e. The van der Waals surface area contributed by atoms with E-state index in [9.17, 15) is 18.0 Å². The third kappa shape index (κ3) is 7.60. The highest BCUT2D eigenvalue weighted by molar-refractivity contribution is 7.92. The number of sulfonamides is 1. The van der Waals surface area contributed by atoms with Gasteiger partial charge in [-0.05, 0) is 68.8 Å². The Morgan fingerprint density at radius 2 is 1.60 bits per heavy atom. The van der Waals surface area contributed by atoms with Gasteiger partial charge in [-0.3, -0.25) is 13.9 Å². The van der Waals surface area contributed by atoms with Crippen LogP contribution in [0.25, 0.3) is 0 Å². The van der Waals surface area contributed by atoms with Crippen LogP contribution in [0.2, 0.25) is 15.1 Å². The van der Waals surface area contributed by atoms with Gasteiger partial charge in [0.2, 0.25) is 11.8 Å². The summed E-state index contributed by atoms with van der Waals surface area (Å²) in [5, 5.41) is 3.67. The normalized spacial score (nSPS) is 12.1. The molecule has 40 heavy (non-hydrogen) atoms. The smallest absolute Gasteiger partial charge is 0.264 e. The molecule has 0 spiro atoms. The number of ether oxygens (including phenoxy) is 1. The average Bonchev–Trinajstić information content (AvgIpc) is 2.90. The van der Waals surface area contributed by atoms with E-state index in [0.29, 0.717) is 21.4 Å². The van der Waals surface area contributed by atoms with Gasteiger partial charge in [0, 0.05) is 22.6 Å². The Bertz CT molecular complexity index is 1470. The van der Waals surface area contributed by atoms with Crippen molar-refractivity contribution in [1.29, 1.82) is 0 Å². The number of methoxy groups -OCH3 is 1. The van der Waals surface area contributed by atoms with Gasteiger partial charge < -0.3 is 15.0 Å². The first-order chi connectivity index (χ1) is 18.8. The molecular weight excluding hydrogens is 597 g/mol. The zero-order valence-corrected chi connectivity index (χ0v) is 25.5. The van der Waals surface area contributed by atoms with Crippen molar-refractivity contribution in [3.63, 3.8) is 0 Å². The number of rotatable bonds is 11. The minimum atomic E-state index is -4.23. The lowest BCUT2D eigenvalue weighted by molar-refractivity contribution is -0.139. The van der Waals surface area contributed by atoms with E-state index in [0.717, 1.165) is 4.31 Å². The van der Waals surface area contributed by atoms with E-state index < -0.39 is 34.4 Å². The van der Waals surface area contributed by atoms with Crippen LogP contribution in [0, 0.1) is 0 Å². The minimum absolute atomic E-state index is 0.0207. The fraction of sp³-hybridized carbons (Fsp3) is 0.286. The molecule has 8 nitrogen and oxygen atoms in total. The van der Waals surface area contributed by atoms with Gasteiger partial charge in [-0.25, -0.2) is 8.42 Å². The Labute approximate surface area is 249 Å². The Hall–Kier alpha value is -2.98. The molecule has 0 fully saturated rings. The maximum atomic E-state index is 13.9. The van der Waals surface area contributed by atoms with Crippen LogP contribution < -0.4 is 14.4 Å². The highest BCUT2D eigenvalue weighted by Crippen LogP contribution is 2.32. The average molecular weight is 627 g/mol. The van der Waals surface area contributed by atoms with E-state index in [1.165, 1.54) is 48.4 Å². The Kier molecular flexibility index (Phi) is 10.7. The van der Waals surface area contributed by atoms with Crippen molar-refractivity contribution < 1.29 is 22.7 Å². The third-order valence-corrected chi connectivity index (χ3v) is 8.66. The molecule has 0 saturated heterocycles. The largest absolute Gasteiger partial charge is 0.495 e. The van der Waals surface area contributed by atoms with Crippen molar-refractivity contribution >= 4 is 62.3 Å². The van der Waals surface area contributed by atoms with Gasteiger partial charge >= 0.3 is 0 Å². The van der Waals surface area contributed by atoms with Crippen LogP contribution in [-0.4, -0.2) is 50.9 Å². The molecule has 2 amide bonds. The van der Waals surface area contributed by atoms with Crippen molar-refractivity contribution in [3.05, 3.63) is 87.4 Å². The molecule has 214 valence electrons. The summed E-state index contributed by atoms with van der Waals surface area (Å²) in [5.41, 5.74) is 0.681. The Morgan fingerprint density at radius 3 is 2.17 bits per heavy atom. The first kappa shape index (κ1) is 31.5. The van der Waals surface area contributed by atoms with E-state index in [-0.39, 0.29) is 28.2 Å². The summed E-state index contributed by atoms with van der Waals surface area (Å²) in [6.07, 6.45) is 0. The summed E-state index contributed by atoms with van der Waals surface area (Å²) >= 11 is 18.8. The summed E-state index contributed by atoms with van der Waals surface area (Å²) in [4.78, 5) is 28.2. The summed E-state index contributed by atoms with van der Waals surface area (Å²) in [7, 11) is -2.79. The highest BCUT2D eigenvalue weighted by Gasteiger charge is 2.33. The monoisotopic (exact) mass is 625 g/mol. The third-order valence-electron chi connectivity index (χ3n) is 5.99. The predicted molar refractivity (Wildman–Crippen MR) is 159 cm³/mol. The number of amides is 2. The molecule has 1 N–H and O–H groups in total. The number of nitrogens with zero attached hydrogens (tertiary/aromatic N) is 2. The highest BCUT2D eigenvalue weighted by atomic mass is 35.5. The van der Waals surface area contributed by atoms with Crippen LogP contribution in [0.5, 0.6) is 5.75 Å². The van der Waals surface area contributed by atoms with Crippen LogP contribution in [0.4, 0.5) is 5.69 Å². The SMILES string of the molecule is COc1ccc(N(CC(=O)N(Cc2ccc(Cl)cc2Cl)C(C)C(=O)NC(C)C)S(=O)(=O)c2ccccc2)cc1Cl. The molecule has 0 aromatic heterocycles. The molecule has 0 aliphatic heterocycles. The second kappa shape index (κ2) is 13.6. The Balaban J connectivity index is 2.08. The molecular formula is C28H30Cl3N3O5S. The number of hydrogen-bond acceptors (Lipinski definition) is 5. The van der Waals surface area contributed by atoms with E-state index in [1.807, 2.05) is 0 Å². The standard InChI is InChI=1S/C28H30Cl3N3O5S/c1-18(2)32-28(36)19(3)33(16-20-10-11-21(29)14-24(20)30)27(35)17-34(22-12-13-26(39-4)25(31)15-22)40(37,38)23-8-6-5-7-9-23/h5-15,18-19H,16-17H2,1-4H3,(H,32,36). The fourth-order valence-corrected chi connectivity index (χ4v) is 6.03. The van der Waals surface area contributed by atoms with Crippen molar-refractivity contribution in [2.75, 3.05) is 18.0 Å². The first-order valence-corrected chi connectivity index (χ1v) is 14.9. The van der Waals surface area contributed by atoms with Gasteiger partial charge in [-0.2, -0.15) is 0 Å². The van der Waals surface area contributed by atoms with Crippen LogP contribution >= 0.6 is 34.8 Å². The van der Waals surface area contributed by atoms with Gasteiger partial charge in [0.1, 0.15) is 18.3 Å². The molecule has 3 aromatic rings. The van der Waals surface area contributed by atoms with E-state index in [2.05, 4.69) is 5.32 Å². The molecule has 12 heteroatoms. The summed E-state index contributed by atoms with van der Waals surface area (Å²) in [5.74, 6) is -0.700. The Morgan fingerprint density at radius 1 is 0.925 bits per heavy atom. The molecule has 3 aromatic carbocycles. The van der Waals surface area contributed by atoms with E-state index >= 15 is 0 Å². The van der Waals surface area contributed by atoms with Crippen LogP contribution in [-0.2, 0) is 26.2 Å². The number of hydrogen-bond donors (Lipinski definition) is 1. The van der Waals surface area contributed by atoms with Crippen molar-refractivity contribution in [1.82, 2.24) is 10.2 Å². The number of nitrogens with one attached hydrogen (secondary N) is 1.